The molecule has 1 aromatic heterocycles. The van der Waals surface area contributed by atoms with Gasteiger partial charge in [-0.25, -0.2) is 5.43 Å². The normalized spacial score (nSPS) is 21.0. The molecule has 0 aliphatic carbocycles. The number of carbonyl (C=O) groups is 2. The Labute approximate surface area is 146 Å². The third kappa shape index (κ3) is 4.21. The standard InChI is InChI=1S/C17H24N4O2S/c1-12-6-8-21(9-7-12)14(15-3-2-10-24-15)11-18-17(23)13-4-5-16(22)20-19-13/h2-3,10,12,14H,4-9,11H2,1H3,(H,18,23)(H,20,22). The van der Waals surface area contributed by atoms with E-state index in [9.17, 15) is 9.59 Å². The minimum Gasteiger partial charge on any atom is -0.349 e. The molecule has 6 nitrogen and oxygen atoms in total. The van der Waals surface area contributed by atoms with Gasteiger partial charge in [-0.2, -0.15) is 5.10 Å². The Morgan fingerprint density at radius 1 is 1.46 bits per heavy atom. The zero-order valence-electron chi connectivity index (χ0n) is 14.0. The molecule has 2 aliphatic heterocycles. The fraction of sp³-hybridized carbons (Fsp3) is 0.588. The Bertz CT molecular complexity index is 606. The molecule has 1 aromatic rings. The van der Waals surface area contributed by atoms with Crippen molar-refractivity contribution in [2.75, 3.05) is 19.6 Å². The van der Waals surface area contributed by atoms with E-state index in [-0.39, 0.29) is 17.9 Å². The van der Waals surface area contributed by atoms with Gasteiger partial charge in [0, 0.05) is 24.3 Å². The van der Waals surface area contributed by atoms with Gasteiger partial charge in [-0.15, -0.1) is 11.3 Å². The van der Waals surface area contributed by atoms with Crippen LogP contribution in [-0.2, 0) is 9.59 Å². The molecule has 1 fully saturated rings. The number of hydrogen-bond donors (Lipinski definition) is 2. The SMILES string of the molecule is CC1CCN(C(CNC(=O)C2=NNC(=O)CC2)c2cccs2)CC1. The molecule has 3 heterocycles. The number of hydrazone groups is 1. The number of piperidine rings is 1. The summed E-state index contributed by atoms with van der Waals surface area (Å²) in [5, 5.41) is 8.96. The lowest BCUT2D eigenvalue weighted by Gasteiger charge is -2.36. The number of rotatable bonds is 5. The molecule has 0 bridgehead atoms. The quantitative estimate of drug-likeness (QED) is 0.853. The summed E-state index contributed by atoms with van der Waals surface area (Å²) in [4.78, 5) is 27.2. The zero-order chi connectivity index (χ0) is 16.9. The summed E-state index contributed by atoms with van der Waals surface area (Å²) in [6.07, 6.45) is 3.14. The summed E-state index contributed by atoms with van der Waals surface area (Å²) < 4.78 is 0. The van der Waals surface area contributed by atoms with Crippen LogP contribution in [0.3, 0.4) is 0 Å². The number of amides is 2. The van der Waals surface area contributed by atoms with E-state index in [0.29, 0.717) is 25.1 Å². The topological polar surface area (TPSA) is 73.8 Å². The Morgan fingerprint density at radius 3 is 2.88 bits per heavy atom. The highest BCUT2D eigenvalue weighted by molar-refractivity contribution is 7.10. The van der Waals surface area contributed by atoms with Crippen LogP contribution in [0.5, 0.6) is 0 Å². The number of carbonyl (C=O) groups excluding carboxylic acids is 2. The first-order valence-electron chi connectivity index (χ1n) is 8.54. The summed E-state index contributed by atoms with van der Waals surface area (Å²) >= 11 is 1.73. The molecule has 1 atom stereocenters. The highest BCUT2D eigenvalue weighted by Gasteiger charge is 2.26. The lowest BCUT2D eigenvalue weighted by Crippen LogP contribution is -2.44. The molecule has 1 saturated heterocycles. The highest BCUT2D eigenvalue weighted by atomic mass is 32.1. The molecule has 2 N–H and O–H groups in total. The van der Waals surface area contributed by atoms with E-state index in [2.05, 4.69) is 45.2 Å². The van der Waals surface area contributed by atoms with Gasteiger partial charge in [-0.05, 0) is 43.3 Å². The number of nitrogens with one attached hydrogen (secondary N) is 2. The highest BCUT2D eigenvalue weighted by Crippen LogP contribution is 2.29. The average Bonchev–Trinajstić information content (AvgIpc) is 3.11. The Morgan fingerprint density at radius 2 is 2.25 bits per heavy atom. The van der Waals surface area contributed by atoms with Gasteiger partial charge in [-0.3, -0.25) is 14.5 Å². The maximum absolute atomic E-state index is 12.3. The van der Waals surface area contributed by atoms with Crippen LogP contribution in [0.15, 0.2) is 22.6 Å². The van der Waals surface area contributed by atoms with Crippen molar-refractivity contribution in [3.05, 3.63) is 22.4 Å². The van der Waals surface area contributed by atoms with Crippen LogP contribution in [0.2, 0.25) is 0 Å². The second-order valence-corrected chi connectivity index (χ2v) is 7.53. The smallest absolute Gasteiger partial charge is 0.267 e. The van der Waals surface area contributed by atoms with Crippen molar-refractivity contribution in [1.82, 2.24) is 15.6 Å². The molecule has 0 saturated carbocycles. The van der Waals surface area contributed by atoms with Crippen molar-refractivity contribution in [3.8, 4) is 0 Å². The first-order valence-corrected chi connectivity index (χ1v) is 9.42. The molecule has 0 radical (unpaired) electrons. The van der Waals surface area contributed by atoms with Crippen LogP contribution < -0.4 is 10.7 Å². The van der Waals surface area contributed by atoms with Crippen LogP contribution in [-0.4, -0.2) is 42.1 Å². The van der Waals surface area contributed by atoms with Gasteiger partial charge in [-0.1, -0.05) is 13.0 Å². The largest absolute Gasteiger partial charge is 0.349 e. The van der Waals surface area contributed by atoms with Gasteiger partial charge in [0.1, 0.15) is 5.71 Å². The van der Waals surface area contributed by atoms with Gasteiger partial charge >= 0.3 is 0 Å². The Balaban J connectivity index is 1.62. The van der Waals surface area contributed by atoms with Crippen LogP contribution in [0, 0.1) is 5.92 Å². The molecular formula is C17H24N4O2S. The zero-order valence-corrected chi connectivity index (χ0v) is 14.8. The number of thiophene rings is 1. The van der Waals surface area contributed by atoms with Gasteiger partial charge < -0.3 is 5.32 Å². The van der Waals surface area contributed by atoms with E-state index in [1.807, 2.05) is 0 Å². The molecule has 3 rings (SSSR count). The predicted molar refractivity (Wildman–Crippen MR) is 94.9 cm³/mol. The van der Waals surface area contributed by atoms with Crippen LogP contribution in [0.25, 0.3) is 0 Å². The van der Waals surface area contributed by atoms with Crippen molar-refractivity contribution in [1.29, 1.82) is 0 Å². The third-order valence-electron chi connectivity index (χ3n) is 4.75. The average molecular weight is 348 g/mol. The van der Waals surface area contributed by atoms with Gasteiger partial charge in [0.2, 0.25) is 5.91 Å². The van der Waals surface area contributed by atoms with E-state index >= 15 is 0 Å². The molecule has 0 spiro atoms. The number of likely N-dealkylation sites (tertiary alicyclic amines) is 1. The Hall–Kier alpha value is -1.73. The fourth-order valence-corrected chi connectivity index (χ4v) is 4.02. The number of nitrogens with zero attached hydrogens (tertiary/aromatic N) is 2. The molecule has 1 unspecified atom stereocenters. The van der Waals surface area contributed by atoms with Crippen LogP contribution in [0.1, 0.15) is 43.5 Å². The molecular weight excluding hydrogens is 324 g/mol. The monoisotopic (exact) mass is 348 g/mol. The van der Waals surface area contributed by atoms with E-state index < -0.39 is 0 Å². The molecule has 130 valence electrons. The second-order valence-electron chi connectivity index (χ2n) is 6.55. The van der Waals surface area contributed by atoms with Crippen LogP contribution in [0.4, 0.5) is 0 Å². The lowest BCUT2D eigenvalue weighted by atomic mass is 9.97. The molecule has 24 heavy (non-hydrogen) atoms. The second kappa shape index (κ2) is 7.90. The van der Waals surface area contributed by atoms with Crippen molar-refractivity contribution in [3.63, 3.8) is 0 Å². The van der Waals surface area contributed by atoms with Crippen molar-refractivity contribution in [2.45, 2.75) is 38.6 Å². The van der Waals surface area contributed by atoms with Gasteiger partial charge in [0.25, 0.3) is 5.91 Å². The lowest BCUT2D eigenvalue weighted by molar-refractivity contribution is -0.121. The predicted octanol–water partition coefficient (Wildman–Crippen LogP) is 1.90. The van der Waals surface area contributed by atoms with Gasteiger partial charge in [0.05, 0.1) is 6.04 Å². The third-order valence-corrected chi connectivity index (χ3v) is 5.73. The number of hydrogen-bond acceptors (Lipinski definition) is 5. The maximum atomic E-state index is 12.3. The summed E-state index contributed by atoms with van der Waals surface area (Å²) in [6.45, 7) is 5.00. The summed E-state index contributed by atoms with van der Waals surface area (Å²) in [6, 6.07) is 4.40. The van der Waals surface area contributed by atoms with Crippen molar-refractivity contribution in [2.24, 2.45) is 11.0 Å². The molecule has 2 amide bonds. The maximum Gasteiger partial charge on any atom is 0.267 e. The van der Waals surface area contributed by atoms with E-state index in [1.54, 1.807) is 11.3 Å². The molecule has 0 aromatic carbocycles. The summed E-state index contributed by atoms with van der Waals surface area (Å²) in [5.41, 5.74) is 2.79. The van der Waals surface area contributed by atoms with Gasteiger partial charge in [0.15, 0.2) is 0 Å². The molecule has 2 aliphatic rings. The first-order chi connectivity index (χ1) is 11.6. The van der Waals surface area contributed by atoms with Crippen molar-refractivity contribution < 1.29 is 9.59 Å². The van der Waals surface area contributed by atoms with Crippen LogP contribution >= 0.6 is 11.3 Å². The first kappa shape index (κ1) is 17.1. The van der Waals surface area contributed by atoms with E-state index in [0.717, 1.165) is 19.0 Å². The summed E-state index contributed by atoms with van der Waals surface area (Å²) in [7, 11) is 0. The van der Waals surface area contributed by atoms with Crippen molar-refractivity contribution >= 4 is 28.9 Å². The fourth-order valence-electron chi connectivity index (χ4n) is 3.16. The Kier molecular flexibility index (Phi) is 5.63. The van der Waals surface area contributed by atoms with E-state index in [4.69, 9.17) is 0 Å². The molecule has 7 heteroatoms. The van der Waals surface area contributed by atoms with E-state index in [1.165, 1.54) is 17.7 Å². The minimum absolute atomic E-state index is 0.134. The minimum atomic E-state index is -0.179. The summed E-state index contributed by atoms with van der Waals surface area (Å²) in [5.74, 6) is 0.465.